The van der Waals surface area contributed by atoms with Gasteiger partial charge in [0.2, 0.25) is 5.91 Å². The van der Waals surface area contributed by atoms with E-state index in [1.54, 1.807) is 33.2 Å². The fourth-order valence-electron chi connectivity index (χ4n) is 5.22. The number of methoxy groups -OCH3 is 1. The molecule has 4 aromatic carbocycles. The van der Waals surface area contributed by atoms with Gasteiger partial charge >= 0.3 is 0 Å². The molecular weight excluding hydrogens is 665 g/mol. The Morgan fingerprint density at radius 3 is 2.49 bits per heavy atom. The normalized spacial score (nSPS) is 14.9. The Morgan fingerprint density at radius 2 is 1.82 bits per heavy atom. The van der Waals surface area contributed by atoms with Crippen LogP contribution < -0.4 is 25.2 Å². The van der Waals surface area contributed by atoms with Gasteiger partial charge in [0.25, 0.3) is 11.8 Å². The summed E-state index contributed by atoms with van der Waals surface area (Å²) < 4.78 is 20.3. The number of hydrogen-bond acceptors (Lipinski definition) is 6. The van der Waals surface area contributed by atoms with Crippen LogP contribution in [0.25, 0.3) is 10.8 Å². The van der Waals surface area contributed by atoms with Crippen molar-refractivity contribution in [3.05, 3.63) is 99.8 Å². The van der Waals surface area contributed by atoms with Crippen LogP contribution in [0, 0.1) is 17.1 Å². The summed E-state index contributed by atoms with van der Waals surface area (Å²) in [5.74, 6) is -1.38. The molecular formula is C33H30BrClFN5O4. The first-order chi connectivity index (χ1) is 21.2. The minimum absolute atomic E-state index is 0. The number of carbonyl (C=O) groups excluding carboxylic acids is 3. The van der Waals surface area contributed by atoms with Crippen molar-refractivity contribution < 1.29 is 23.5 Å². The zero-order chi connectivity index (χ0) is 31.5. The summed E-state index contributed by atoms with van der Waals surface area (Å²) in [5, 5.41) is 17.2. The smallest absolute Gasteiger partial charge is 0.258 e. The quantitative estimate of drug-likeness (QED) is 0.271. The van der Waals surface area contributed by atoms with E-state index in [1.165, 1.54) is 40.1 Å². The molecule has 0 radical (unpaired) electrons. The van der Waals surface area contributed by atoms with E-state index in [1.807, 2.05) is 30.3 Å². The van der Waals surface area contributed by atoms with Gasteiger partial charge in [0, 0.05) is 15.6 Å². The predicted molar refractivity (Wildman–Crippen MR) is 176 cm³/mol. The number of nitrogens with one attached hydrogen (secondary N) is 2. The number of rotatable bonds is 7. The van der Waals surface area contributed by atoms with E-state index in [9.17, 15) is 24.0 Å². The van der Waals surface area contributed by atoms with Gasteiger partial charge in [0.15, 0.2) is 0 Å². The van der Waals surface area contributed by atoms with E-state index in [2.05, 4.69) is 32.6 Å². The number of amides is 3. The lowest BCUT2D eigenvalue weighted by Crippen LogP contribution is -2.55. The fraction of sp³-hybridized carbons (Fsp3) is 0.212. The molecule has 3 amide bonds. The van der Waals surface area contributed by atoms with Crippen LogP contribution in [0.1, 0.15) is 28.4 Å². The topological polar surface area (TPSA) is 115 Å². The van der Waals surface area contributed by atoms with Gasteiger partial charge in [-0.05, 0) is 85.4 Å². The van der Waals surface area contributed by atoms with Gasteiger partial charge in [0.05, 0.1) is 49.2 Å². The van der Waals surface area contributed by atoms with Crippen LogP contribution in [-0.4, -0.2) is 50.5 Å². The Kier molecular flexibility index (Phi) is 10.4. The summed E-state index contributed by atoms with van der Waals surface area (Å²) >= 11 is 3.60. The average molecular weight is 695 g/mol. The highest BCUT2D eigenvalue weighted by Crippen LogP contribution is 2.39. The third kappa shape index (κ3) is 6.63. The van der Waals surface area contributed by atoms with Crippen LogP contribution in [-0.2, 0) is 16.1 Å². The molecule has 1 heterocycles. The molecule has 0 fully saturated rings. The minimum atomic E-state index is -1.16. The molecule has 4 aromatic rings. The third-order valence-corrected chi connectivity index (χ3v) is 8.40. The van der Waals surface area contributed by atoms with Crippen molar-refractivity contribution in [3.8, 4) is 11.8 Å². The molecule has 0 unspecified atom stereocenters. The highest BCUT2D eigenvalue weighted by atomic mass is 79.9. The van der Waals surface area contributed by atoms with Crippen molar-refractivity contribution in [2.24, 2.45) is 0 Å². The van der Waals surface area contributed by atoms with E-state index < -0.39 is 35.6 Å². The Hall–Kier alpha value is -4.50. The lowest BCUT2D eigenvalue weighted by atomic mass is 10.0. The number of fused-ring (bicyclic) bond motifs is 2. The van der Waals surface area contributed by atoms with Gasteiger partial charge in [-0.15, -0.1) is 12.4 Å². The van der Waals surface area contributed by atoms with Gasteiger partial charge < -0.3 is 25.2 Å². The SMILES string of the molecule is CN[C@@H](C)C(=O)N[C@H]1CN(C(=O)c2ccc(F)cc2)c2cc(C#N)ccc2N(Cc2c(OC)ccc3c(Br)cccc23)C1=O.Cl. The number of ether oxygens (including phenoxy) is 1. The molecule has 45 heavy (non-hydrogen) atoms. The van der Waals surface area contributed by atoms with Crippen molar-refractivity contribution in [3.63, 3.8) is 0 Å². The molecule has 0 aromatic heterocycles. The summed E-state index contributed by atoms with van der Waals surface area (Å²) in [6.07, 6.45) is 0. The second-order valence-corrected chi connectivity index (χ2v) is 11.2. The average Bonchev–Trinajstić information content (AvgIpc) is 3.14. The lowest BCUT2D eigenvalue weighted by molar-refractivity contribution is -0.128. The second-order valence-electron chi connectivity index (χ2n) is 10.3. The number of hydrogen-bond donors (Lipinski definition) is 2. The number of halogens is 3. The van der Waals surface area contributed by atoms with Gasteiger partial charge in [0.1, 0.15) is 17.6 Å². The van der Waals surface area contributed by atoms with E-state index >= 15 is 0 Å². The molecule has 1 aliphatic heterocycles. The fourth-order valence-corrected chi connectivity index (χ4v) is 5.71. The maximum Gasteiger partial charge on any atom is 0.258 e. The zero-order valence-electron chi connectivity index (χ0n) is 24.6. The van der Waals surface area contributed by atoms with Crippen LogP contribution in [0.2, 0.25) is 0 Å². The first kappa shape index (κ1) is 33.4. The van der Waals surface area contributed by atoms with E-state index in [-0.39, 0.29) is 36.6 Å². The molecule has 0 aliphatic carbocycles. The van der Waals surface area contributed by atoms with Crippen LogP contribution >= 0.6 is 28.3 Å². The lowest BCUT2D eigenvalue weighted by Gasteiger charge is -2.27. The summed E-state index contributed by atoms with van der Waals surface area (Å²) in [7, 11) is 3.17. The van der Waals surface area contributed by atoms with Gasteiger partial charge in [-0.2, -0.15) is 5.26 Å². The number of likely N-dealkylation sites (N-methyl/N-ethyl adjacent to an activating group) is 1. The van der Waals surface area contributed by atoms with Crippen LogP contribution in [0.3, 0.4) is 0 Å². The highest BCUT2D eigenvalue weighted by Gasteiger charge is 2.38. The van der Waals surface area contributed by atoms with Crippen molar-refractivity contribution in [1.82, 2.24) is 10.6 Å². The second kappa shape index (κ2) is 14.1. The van der Waals surface area contributed by atoms with Crippen molar-refractivity contribution in [1.29, 1.82) is 5.26 Å². The number of nitriles is 1. The number of nitrogens with zero attached hydrogens (tertiary/aromatic N) is 3. The zero-order valence-corrected chi connectivity index (χ0v) is 27.0. The number of benzene rings is 4. The van der Waals surface area contributed by atoms with Crippen molar-refractivity contribution in [2.75, 3.05) is 30.5 Å². The molecule has 0 spiro atoms. The Morgan fingerprint density at radius 1 is 1.09 bits per heavy atom. The van der Waals surface area contributed by atoms with Crippen LogP contribution in [0.15, 0.2) is 77.3 Å². The summed E-state index contributed by atoms with van der Waals surface area (Å²) in [4.78, 5) is 44.4. The van der Waals surface area contributed by atoms with Crippen molar-refractivity contribution in [2.45, 2.75) is 25.6 Å². The van der Waals surface area contributed by atoms with Gasteiger partial charge in [-0.3, -0.25) is 14.4 Å². The maximum absolute atomic E-state index is 14.5. The molecule has 0 saturated heterocycles. The van der Waals surface area contributed by atoms with Gasteiger partial charge in [-0.1, -0.05) is 28.1 Å². The summed E-state index contributed by atoms with van der Waals surface area (Å²) in [5.41, 5.74) is 1.81. The summed E-state index contributed by atoms with van der Waals surface area (Å²) in [6, 6.07) is 19.6. The molecule has 9 nitrogen and oxygen atoms in total. The first-order valence-corrected chi connectivity index (χ1v) is 14.6. The van der Waals surface area contributed by atoms with Crippen LogP contribution in [0.5, 0.6) is 5.75 Å². The maximum atomic E-state index is 14.5. The van der Waals surface area contributed by atoms with Gasteiger partial charge in [-0.25, -0.2) is 4.39 Å². The number of carbonyl (C=O) groups is 3. The largest absolute Gasteiger partial charge is 0.496 e. The standard InChI is InChI=1S/C33H29BrFN5O4.ClH/c1-19(37-2)31(41)38-27-18-40(32(42)21-8-10-22(35)11-9-21)29-15-20(16-36)7-13-28(29)39(33(27)43)17-25-23-5-4-6-26(34)24(23)12-14-30(25)44-3;/h4-15,19,27,37H,17-18H2,1-3H3,(H,38,41);1H/t19-,27-;/m0./s1. The third-order valence-electron chi connectivity index (χ3n) is 7.71. The van der Waals surface area contributed by atoms with Crippen LogP contribution in [0.4, 0.5) is 15.8 Å². The molecule has 5 rings (SSSR count). The first-order valence-electron chi connectivity index (χ1n) is 13.8. The molecule has 12 heteroatoms. The van der Waals surface area contributed by atoms with Crippen molar-refractivity contribution >= 4 is 68.2 Å². The molecule has 232 valence electrons. The van der Waals surface area contributed by atoms with E-state index in [4.69, 9.17) is 4.74 Å². The molecule has 2 N–H and O–H groups in total. The monoisotopic (exact) mass is 693 g/mol. The van der Waals surface area contributed by atoms with E-state index in [0.717, 1.165) is 15.2 Å². The Balaban J connectivity index is 0.00000461. The molecule has 0 bridgehead atoms. The van der Waals surface area contributed by atoms with E-state index in [0.29, 0.717) is 22.7 Å². The molecule has 0 saturated carbocycles. The Labute approximate surface area is 274 Å². The number of anilines is 2. The Bertz CT molecular complexity index is 1810. The molecule has 1 aliphatic rings. The highest BCUT2D eigenvalue weighted by molar-refractivity contribution is 9.10. The minimum Gasteiger partial charge on any atom is -0.496 e. The summed E-state index contributed by atoms with van der Waals surface area (Å²) in [6.45, 7) is 1.46. The predicted octanol–water partition coefficient (Wildman–Crippen LogP) is 5.33. The molecule has 2 atom stereocenters.